The minimum Gasteiger partial charge on any atom is -0.311 e. The van der Waals surface area contributed by atoms with Gasteiger partial charge in [-0.1, -0.05) is 26.0 Å². The van der Waals surface area contributed by atoms with Crippen LogP contribution in [0.1, 0.15) is 51.6 Å². The summed E-state index contributed by atoms with van der Waals surface area (Å²) in [5.41, 5.74) is 1.17. The fourth-order valence-electron chi connectivity index (χ4n) is 3.93. The normalized spacial score (nSPS) is 17.0. The molecule has 0 spiro atoms. The summed E-state index contributed by atoms with van der Waals surface area (Å²) in [6.45, 7) is 8.30. The number of anilines is 1. The SMILES string of the molecule is CC(C)CC(=O)Nc1ccnn1C1CCN(C(C)Cc2ccc(F)cc2)CC1. The molecule has 1 saturated heterocycles. The molecule has 0 aliphatic carbocycles. The van der Waals surface area contributed by atoms with Crippen molar-refractivity contribution in [1.29, 1.82) is 0 Å². The van der Waals surface area contributed by atoms with Gasteiger partial charge in [-0.25, -0.2) is 9.07 Å². The van der Waals surface area contributed by atoms with Gasteiger partial charge in [0.25, 0.3) is 0 Å². The number of carbonyl (C=O) groups is 1. The Labute approximate surface area is 166 Å². The smallest absolute Gasteiger partial charge is 0.225 e. The number of piperidine rings is 1. The number of aromatic nitrogens is 2. The van der Waals surface area contributed by atoms with E-state index in [0.29, 0.717) is 24.4 Å². The fourth-order valence-corrected chi connectivity index (χ4v) is 3.93. The summed E-state index contributed by atoms with van der Waals surface area (Å²) in [5, 5.41) is 7.47. The molecule has 6 heteroatoms. The number of nitrogens with one attached hydrogen (secondary N) is 1. The van der Waals surface area contributed by atoms with E-state index in [-0.39, 0.29) is 11.7 Å². The molecule has 0 bridgehead atoms. The molecule has 0 radical (unpaired) electrons. The third-order valence-corrected chi connectivity index (χ3v) is 5.44. The van der Waals surface area contributed by atoms with E-state index in [9.17, 15) is 9.18 Å². The van der Waals surface area contributed by atoms with E-state index < -0.39 is 0 Å². The van der Waals surface area contributed by atoms with Crippen LogP contribution in [0.4, 0.5) is 10.2 Å². The van der Waals surface area contributed by atoms with Crippen molar-refractivity contribution in [2.24, 2.45) is 5.92 Å². The largest absolute Gasteiger partial charge is 0.311 e. The predicted octanol–water partition coefficient (Wildman–Crippen LogP) is 4.27. The number of hydrogen-bond donors (Lipinski definition) is 1. The van der Waals surface area contributed by atoms with Gasteiger partial charge in [-0.3, -0.25) is 4.79 Å². The Morgan fingerprint density at radius 1 is 1.18 bits per heavy atom. The lowest BCUT2D eigenvalue weighted by atomic mass is 10.00. The van der Waals surface area contributed by atoms with Crippen LogP contribution in [-0.4, -0.2) is 39.7 Å². The molecule has 1 N–H and O–H groups in total. The Hall–Kier alpha value is -2.21. The van der Waals surface area contributed by atoms with Crippen LogP contribution in [0, 0.1) is 11.7 Å². The van der Waals surface area contributed by atoms with Crippen LogP contribution in [0.15, 0.2) is 36.5 Å². The highest BCUT2D eigenvalue weighted by molar-refractivity contribution is 5.89. The van der Waals surface area contributed by atoms with Gasteiger partial charge in [0.05, 0.1) is 12.2 Å². The van der Waals surface area contributed by atoms with Crippen molar-refractivity contribution in [3.63, 3.8) is 0 Å². The average Bonchev–Trinajstić information content (AvgIpc) is 3.11. The van der Waals surface area contributed by atoms with Gasteiger partial charge in [-0.2, -0.15) is 5.10 Å². The maximum Gasteiger partial charge on any atom is 0.225 e. The summed E-state index contributed by atoms with van der Waals surface area (Å²) in [6, 6.07) is 9.39. The van der Waals surface area contributed by atoms with E-state index in [2.05, 4.69) is 22.2 Å². The number of amides is 1. The monoisotopic (exact) mass is 386 g/mol. The summed E-state index contributed by atoms with van der Waals surface area (Å²) in [7, 11) is 0. The topological polar surface area (TPSA) is 50.2 Å². The fraction of sp³-hybridized carbons (Fsp3) is 0.545. The van der Waals surface area contributed by atoms with Crippen LogP contribution in [0.25, 0.3) is 0 Å². The van der Waals surface area contributed by atoms with Crippen LogP contribution in [0.5, 0.6) is 0 Å². The molecule has 1 amide bonds. The molecule has 3 rings (SSSR count). The molecule has 2 aromatic rings. The van der Waals surface area contributed by atoms with Gasteiger partial charge < -0.3 is 10.2 Å². The van der Waals surface area contributed by atoms with Gasteiger partial charge in [-0.05, 0) is 49.8 Å². The van der Waals surface area contributed by atoms with E-state index in [1.165, 1.54) is 17.7 Å². The molecular formula is C22H31FN4O. The Kier molecular flexibility index (Phi) is 6.83. The molecule has 152 valence electrons. The average molecular weight is 387 g/mol. The van der Waals surface area contributed by atoms with Gasteiger partial charge in [0.15, 0.2) is 0 Å². The summed E-state index contributed by atoms with van der Waals surface area (Å²) < 4.78 is 15.1. The van der Waals surface area contributed by atoms with Crippen LogP contribution in [0.2, 0.25) is 0 Å². The molecule has 1 atom stereocenters. The molecule has 1 aliphatic rings. The second-order valence-electron chi connectivity index (χ2n) is 8.25. The van der Waals surface area contributed by atoms with Gasteiger partial charge in [0.2, 0.25) is 5.91 Å². The van der Waals surface area contributed by atoms with E-state index in [0.717, 1.165) is 38.2 Å². The van der Waals surface area contributed by atoms with Crippen molar-refractivity contribution in [1.82, 2.24) is 14.7 Å². The minimum absolute atomic E-state index is 0.0436. The molecule has 28 heavy (non-hydrogen) atoms. The minimum atomic E-state index is -0.187. The van der Waals surface area contributed by atoms with Crippen LogP contribution in [0.3, 0.4) is 0 Å². The van der Waals surface area contributed by atoms with Gasteiger partial charge >= 0.3 is 0 Å². The molecule has 1 aliphatic heterocycles. The number of carbonyl (C=O) groups excluding carboxylic acids is 1. The molecular weight excluding hydrogens is 355 g/mol. The van der Waals surface area contributed by atoms with E-state index >= 15 is 0 Å². The first-order valence-electron chi connectivity index (χ1n) is 10.2. The zero-order valence-corrected chi connectivity index (χ0v) is 17.1. The van der Waals surface area contributed by atoms with E-state index in [4.69, 9.17) is 0 Å². The molecule has 1 fully saturated rings. The second kappa shape index (κ2) is 9.32. The van der Waals surface area contributed by atoms with Gasteiger partial charge in [-0.15, -0.1) is 0 Å². The predicted molar refractivity (Wildman–Crippen MR) is 110 cm³/mol. The van der Waals surface area contributed by atoms with Crippen molar-refractivity contribution >= 4 is 11.7 Å². The maximum atomic E-state index is 13.1. The number of nitrogens with zero attached hydrogens (tertiary/aromatic N) is 3. The first-order valence-corrected chi connectivity index (χ1v) is 10.2. The first kappa shape index (κ1) is 20.5. The maximum absolute atomic E-state index is 13.1. The third kappa shape index (κ3) is 5.41. The highest BCUT2D eigenvalue weighted by atomic mass is 19.1. The van der Waals surface area contributed by atoms with Crippen molar-refractivity contribution in [3.05, 3.63) is 47.9 Å². The lowest BCUT2D eigenvalue weighted by molar-refractivity contribution is -0.116. The van der Waals surface area contributed by atoms with Crippen molar-refractivity contribution < 1.29 is 9.18 Å². The number of halogens is 1. The summed E-state index contributed by atoms with van der Waals surface area (Å²) in [5.74, 6) is 0.987. The molecule has 5 nitrogen and oxygen atoms in total. The third-order valence-electron chi connectivity index (χ3n) is 5.44. The molecule has 1 aromatic heterocycles. The van der Waals surface area contributed by atoms with E-state index in [1.54, 1.807) is 6.20 Å². The Morgan fingerprint density at radius 3 is 2.50 bits per heavy atom. The van der Waals surface area contributed by atoms with Crippen molar-refractivity contribution in [3.8, 4) is 0 Å². The highest BCUT2D eigenvalue weighted by Crippen LogP contribution is 2.27. The van der Waals surface area contributed by atoms with Gasteiger partial charge in [0.1, 0.15) is 11.6 Å². The summed E-state index contributed by atoms with van der Waals surface area (Å²) >= 11 is 0. The highest BCUT2D eigenvalue weighted by Gasteiger charge is 2.25. The second-order valence-corrected chi connectivity index (χ2v) is 8.25. The van der Waals surface area contributed by atoms with E-state index in [1.807, 2.05) is 36.7 Å². The lowest BCUT2D eigenvalue weighted by Gasteiger charge is -2.36. The number of rotatable bonds is 7. The molecule has 1 unspecified atom stereocenters. The standard InChI is InChI=1S/C22H31FN4O/c1-16(2)14-22(28)25-21-8-11-24-27(21)20-9-12-26(13-10-20)17(3)15-18-4-6-19(23)7-5-18/h4-8,11,16-17,20H,9-10,12-15H2,1-3H3,(H,25,28). The van der Waals surface area contributed by atoms with Crippen LogP contribution >= 0.6 is 0 Å². The van der Waals surface area contributed by atoms with Crippen LogP contribution < -0.4 is 5.32 Å². The first-order chi connectivity index (χ1) is 13.4. The number of benzene rings is 1. The molecule has 1 aromatic carbocycles. The molecule has 2 heterocycles. The number of hydrogen-bond acceptors (Lipinski definition) is 3. The number of likely N-dealkylation sites (tertiary alicyclic amines) is 1. The Morgan fingerprint density at radius 2 is 1.86 bits per heavy atom. The summed E-state index contributed by atoms with van der Waals surface area (Å²) in [4.78, 5) is 14.6. The zero-order valence-electron chi connectivity index (χ0n) is 17.1. The lowest BCUT2D eigenvalue weighted by Crippen LogP contribution is -2.41. The zero-order chi connectivity index (χ0) is 20.1. The van der Waals surface area contributed by atoms with Crippen molar-refractivity contribution in [2.75, 3.05) is 18.4 Å². The molecule has 0 saturated carbocycles. The quantitative estimate of drug-likeness (QED) is 0.773. The Bertz CT molecular complexity index is 763. The van der Waals surface area contributed by atoms with Crippen molar-refractivity contribution in [2.45, 2.75) is 58.5 Å². The van der Waals surface area contributed by atoms with Gasteiger partial charge in [0, 0.05) is 31.6 Å². The summed E-state index contributed by atoms with van der Waals surface area (Å²) in [6.07, 6.45) is 5.20. The van der Waals surface area contributed by atoms with Crippen LogP contribution in [-0.2, 0) is 11.2 Å². The Balaban J connectivity index is 1.53.